The fourth-order valence-corrected chi connectivity index (χ4v) is 3.09. The van der Waals surface area contributed by atoms with Crippen molar-refractivity contribution in [2.45, 2.75) is 20.4 Å². The highest BCUT2D eigenvalue weighted by molar-refractivity contribution is 6.31. The monoisotopic (exact) mass is 396 g/mol. The van der Waals surface area contributed by atoms with Gasteiger partial charge in [-0.05, 0) is 49.2 Å². The van der Waals surface area contributed by atoms with Crippen LogP contribution in [0.4, 0.5) is 5.69 Å². The Balaban J connectivity index is 1.89. The summed E-state index contributed by atoms with van der Waals surface area (Å²) in [4.78, 5) is 25.0. The lowest BCUT2D eigenvalue weighted by molar-refractivity contribution is 0.102. The fourth-order valence-electron chi connectivity index (χ4n) is 2.92. The smallest absolute Gasteiger partial charge is 0.257 e. The number of pyridine rings is 1. The minimum absolute atomic E-state index is 0.169. The number of anilines is 1. The third-order valence-corrected chi connectivity index (χ3v) is 4.74. The van der Waals surface area contributed by atoms with Gasteiger partial charge in [0.2, 0.25) is 0 Å². The highest BCUT2D eigenvalue weighted by Crippen LogP contribution is 2.28. The van der Waals surface area contributed by atoms with E-state index in [-0.39, 0.29) is 11.5 Å². The third kappa shape index (κ3) is 4.43. The molecule has 1 N–H and O–H groups in total. The Morgan fingerprint density at radius 1 is 1.11 bits per heavy atom. The van der Waals surface area contributed by atoms with E-state index < -0.39 is 0 Å². The first-order chi connectivity index (χ1) is 13.4. The van der Waals surface area contributed by atoms with Gasteiger partial charge in [0, 0.05) is 17.3 Å². The van der Waals surface area contributed by atoms with E-state index in [1.54, 1.807) is 24.4 Å². The molecule has 1 aromatic heterocycles. The zero-order valence-electron chi connectivity index (χ0n) is 16.0. The summed E-state index contributed by atoms with van der Waals surface area (Å²) in [6, 6.07) is 14.0. The number of ether oxygens (including phenoxy) is 1. The number of carbonyl (C=O) groups is 1. The molecule has 2 aromatic carbocycles. The van der Waals surface area contributed by atoms with Crippen molar-refractivity contribution in [3.05, 3.63) is 92.4 Å². The molecule has 0 saturated carbocycles. The predicted octanol–water partition coefficient (Wildman–Crippen LogP) is 4.43. The van der Waals surface area contributed by atoms with E-state index in [0.717, 1.165) is 16.7 Å². The van der Waals surface area contributed by atoms with Crippen molar-refractivity contribution in [1.29, 1.82) is 0 Å². The maximum absolute atomic E-state index is 12.7. The Hall–Kier alpha value is -3.05. The average Bonchev–Trinajstić information content (AvgIpc) is 2.66. The molecule has 144 valence electrons. The van der Waals surface area contributed by atoms with Crippen LogP contribution in [0.1, 0.15) is 27.0 Å². The Bertz CT molecular complexity index is 1090. The van der Waals surface area contributed by atoms with Crippen molar-refractivity contribution in [2.24, 2.45) is 0 Å². The van der Waals surface area contributed by atoms with Crippen molar-refractivity contribution in [3.63, 3.8) is 0 Å². The van der Waals surface area contributed by atoms with Crippen LogP contribution in [-0.4, -0.2) is 17.6 Å². The number of nitrogens with one attached hydrogen (secondary N) is 1. The first-order valence-corrected chi connectivity index (χ1v) is 9.16. The van der Waals surface area contributed by atoms with Gasteiger partial charge < -0.3 is 14.6 Å². The van der Waals surface area contributed by atoms with Crippen molar-refractivity contribution in [1.82, 2.24) is 4.57 Å². The summed E-state index contributed by atoms with van der Waals surface area (Å²) >= 11 is 6.01. The first kappa shape index (κ1) is 19.7. The van der Waals surface area contributed by atoms with Crippen LogP contribution in [0.25, 0.3) is 0 Å². The first-order valence-electron chi connectivity index (χ1n) is 8.79. The summed E-state index contributed by atoms with van der Waals surface area (Å²) in [5.74, 6) is 0.150. The molecular weight excluding hydrogens is 376 g/mol. The molecule has 28 heavy (non-hydrogen) atoms. The number of aromatic nitrogens is 1. The molecule has 0 saturated heterocycles. The number of nitrogens with zero attached hydrogens (tertiary/aromatic N) is 1. The summed E-state index contributed by atoms with van der Waals surface area (Å²) in [5, 5.41) is 3.27. The molecule has 1 amide bonds. The van der Waals surface area contributed by atoms with Crippen LogP contribution in [-0.2, 0) is 6.54 Å². The van der Waals surface area contributed by atoms with Gasteiger partial charge in [-0.3, -0.25) is 9.59 Å². The van der Waals surface area contributed by atoms with Crippen LogP contribution in [0.15, 0.2) is 59.5 Å². The van der Waals surface area contributed by atoms with Crippen molar-refractivity contribution in [2.75, 3.05) is 12.4 Å². The fraction of sp³-hybridized carbons (Fsp3) is 0.182. The zero-order chi connectivity index (χ0) is 20.3. The van der Waals surface area contributed by atoms with Crippen molar-refractivity contribution >= 4 is 23.2 Å². The normalized spacial score (nSPS) is 10.6. The molecule has 5 nitrogen and oxygen atoms in total. The van der Waals surface area contributed by atoms with Gasteiger partial charge in [0.25, 0.3) is 11.5 Å². The molecule has 6 heteroatoms. The Morgan fingerprint density at radius 2 is 1.89 bits per heavy atom. The van der Waals surface area contributed by atoms with E-state index >= 15 is 0 Å². The highest BCUT2D eigenvalue weighted by atomic mass is 35.5. The number of aryl methyl sites for hydroxylation is 2. The number of carbonyl (C=O) groups excluding carboxylic acids is 1. The molecule has 0 aliphatic rings. The van der Waals surface area contributed by atoms with Crippen LogP contribution < -0.4 is 15.6 Å². The molecule has 0 atom stereocenters. The molecule has 0 aliphatic heterocycles. The number of methoxy groups -OCH3 is 1. The average molecular weight is 397 g/mol. The summed E-state index contributed by atoms with van der Waals surface area (Å²) in [6.45, 7) is 4.41. The zero-order valence-corrected chi connectivity index (χ0v) is 16.7. The van der Waals surface area contributed by atoms with Crippen molar-refractivity contribution < 1.29 is 9.53 Å². The second-order valence-corrected chi connectivity index (χ2v) is 7.05. The molecule has 0 bridgehead atoms. The summed E-state index contributed by atoms with van der Waals surface area (Å²) in [6.07, 6.45) is 1.57. The van der Waals surface area contributed by atoms with E-state index in [1.807, 2.05) is 32.0 Å². The number of rotatable bonds is 5. The second kappa shape index (κ2) is 8.31. The van der Waals surface area contributed by atoms with Crippen LogP contribution >= 0.6 is 11.6 Å². The number of hydrogen-bond donors (Lipinski definition) is 1. The van der Waals surface area contributed by atoms with E-state index in [1.165, 1.54) is 23.8 Å². The molecular formula is C22H21ClN2O3. The molecule has 1 heterocycles. The molecule has 3 rings (SSSR count). The van der Waals surface area contributed by atoms with E-state index in [2.05, 4.69) is 5.32 Å². The molecule has 0 spiro atoms. The molecule has 0 unspecified atom stereocenters. The van der Waals surface area contributed by atoms with Crippen LogP contribution in [0.5, 0.6) is 5.75 Å². The quantitative estimate of drug-likeness (QED) is 0.694. The van der Waals surface area contributed by atoms with Gasteiger partial charge in [-0.1, -0.05) is 35.4 Å². The number of amides is 1. The lowest BCUT2D eigenvalue weighted by Crippen LogP contribution is -2.23. The Labute approximate surface area is 168 Å². The van der Waals surface area contributed by atoms with Gasteiger partial charge in [0.05, 0.1) is 24.9 Å². The Kier molecular flexibility index (Phi) is 5.85. The maximum atomic E-state index is 12.7. The molecule has 0 aliphatic carbocycles. The summed E-state index contributed by atoms with van der Waals surface area (Å²) in [7, 11) is 1.52. The lowest BCUT2D eigenvalue weighted by atomic mass is 10.1. The van der Waals surface area contributed by atoms with Crippen molar-refractivity contribution in [3.8, 4) is 5.75 Å². The van der Waals surface area contributed by atoms with Gasteiger partial charge in [0.1, 0.15) is 5.75 Å². The van der Waals surface area contributed by atoms with Crippen LogP contribution in [0.3, 0.4) is 0 Å². The van der Waals surface area contributed by atoms with Gasteiger partial charge in [-0.25, -0.2) is 0 Å². The van der Waals surface area contributed by atoms with Gasteiger partial charge in [-0.2, -0.15) is 0 Å². The summed E-state index contributed by atoms with van der Waals surface area (Å²) < 4.78 is 6.79. The molecule has 0 radical (unpaired) electrons. The minimum atomic E-state index is -0.352. The molecule has 3 aromatic rings. The van der Waals surface area contributed by atoms with E-state index in [9.17, 15) is 9.59 Å². The van der Waals surface area contributed by atoms with Crippen LogP contribution in [0.2, 0.25) is 5.02 Å². The minimum Gasteiger partial charge on any atom is -0.495 e. The topological polar surface area (TPSA) is 60.3 Å². The number of halogens is 1. The maximum Gasteiger partial charge on any atom is 0.257 e. The molecule has 0 fully saturated rings. The summed E-state index contributed by atoms with van der Waals surface area (Å²) in [5.41, 5.74) is 3.92. The predicted molar refractivity (Wildman–Crippen MR) is 112 cm³/mol. The third-order valence-electron chi connectivity index (χ3n) is 4.50. The number of hydrogen-bond acceptors (Lipinski definition) is 3. The van der Waals surface area contributed by atoms with Gasteiger partial charge in [-0.15, -0.1) is 0 Å². The van der Waals surface area contributed by atoms with Gasteiger partial charge >= 0.3 is 0 Å². The number of benzene rings is 2. The lowest BCUT2D eigenvalue weighted by Gasteiger charge is -2.13. The Morgan fingerprint density at radius 3 is 2.64 bits per heavy atom. The van der Waals surface area contributed by atoms with E-state index in [0.29, 0.717) is 28.6 Å². The van der Waals surface area contributed by atoms with Gasteiger partial charge in [0.15, 0.2) is 0 Å². The van der Waals surface area contributed by atoms with E-state index in [4.69, 9.17) is 16.3 Å². The standard InChI is InChI=1S/C22H21ClN2O3/c1-14-4-5-15(2)17(10-14)13-25-12-16(6-9-21(25)26)22(27)24-19-11-18(23)7-8-20(19)28-3/h4-12H,13H2,1-3H3,(H,24,27). The second-order valence-electron chi connectivity index (χ2n) is 6.61. The highest BCUT2D eigenvalue weighted by Gasteiger charge is 2.12. The largest absolute Gasteiger partial charge is 0.495 e. The van der Waals surface area contributed by atoms with Crippen LogP contribution in [0, 0.1) is 13.8 Å². The SMILES string of the molecule is COc1ccc(Cl)cc1NC(=O)c1ccc(=O)n(Cc2cc(C)ccc2C)c1.